The number of fused-ring (bicyclic) bond motifs is 1. The highest BCUT2D eigenvalue weighted by Gasteiger charge is 2.40. The summed E-state index contributed by atoms with van der Waals surface area (Å²) in [5.74, 6) is 5.49. The van der Waals surface area contributed by atoms with E-state index in [1.54, 1.807) is 19.2 Å². The molecule has 1 aliphatic heterocycles. The topological polar surface area (TPSA) is 107 Å². The van der Waals surface area contributed by atoms with E-state index in [9.17, 15) is 9.59 Å². The lowest BCUT2D eigenvalue weighted by molar-refractivity contribution is -0.124. The molecule has 1 aliphatic rings. The first kappa shape index (κ1) is 21.6. The maximum absolute atomic E-state index is 12.9. The molecule has 0 aliphatic carbocycles. The van der Waals surface area contributed by atoms with Crippen LogP contribution in [0.25, 0.3) is 0 Å². The van der Waals surface area contributed by atoms with Gasteiger partial charge in [0.1, 0.15) is 5.75 Å². The number of hydrogen-bond acceptors (Lipinski definition) is 6. The van der Waals surface area contributed by atoms with Crippen LogP contribution in [-0.2, 0) is 11.3 Å². The van der Waals surface area contributed by atoms with Crippen molar-refractivity contribution in [2.75, 3.05) is 20.7 Å². The maximum Gasteiger partial charge on any atom is 0.258 e. The third-order valence-electron chi connectivity index (χ3n) is 4.48. The molecule has 150 valence electrons. The van der Waals surface area contributed by atoms with Crippen LogP contribution in [0.15, 0.2) is 47.7 Å². The molecule has 1 aromatic rings. The number of amides is 2. The largest absolute Gasteiger partial charge is 0.497 e. The average Bonchev–Trinajstić information content (AvgIpc) is 3.04. The second-order valence-electron chi connectivity index (χ2n) is 6.18. The highest BCUT2D eigenvalue weighted by Crippen LogP contribution is 2.28. The summed E-state index contributed by atoms with van der Waals surface area (Å²) < 4.78 is 5.19. The van der Waals surface area contributed by atoms with Crippen LogP contribution in [0.2, 0.25) is 0 Å². The van der Waals surface area contributed by atoms with Crippen molar-refractivity contribution in [3.8, 4) is 17.6 Å². The standard InChI is InChI=1S/C21H23N5O3/c1-5-25-20(28)21(24-3,9-8-15(11-22)12-23-2)14-26-13-16-6-7-17(29-4)10-18(16)19(26)27/h5-7,10-12,22,24H,1-2,13-14H2,3-4H3,(H,25,28)/b15-12-,22-11?/t21-/m1/s1. The van der Waals surface area contributed by atoms with Crippen molar-refractivity contribution in [1.29, 1.82) is 5.41 Å². The molecule has 29 heavy (non-hydrogen) atoms. The molecule has 0 aromatic heterocycles. The maximum atomic E-state index is 12.9. The van der Waals surface area contributed by atoms with E-state index in [2.05, 4.69) is 40.8 Å². The first-order chi connectivity index (χ1) is 13.9. The predicted octanol–water partition coefficient (Wildman–Crippen LogP) is 1.11. The summed E-state index contributed by atoms with van der Waals surface area (Å²) in [6.07, 6.45) is 3.58. The van der Waals surface area contributed by atoms with Crippen LogP contribution in [0.5, 0.6) is 5.75 Å². The smallest absolute Gasteiger partial charge is 0.258 e. The number of ether oxygens (including phenoxy) is 1. The van der Waals surface area contributed by atoms with Crippen molar-refractivity contribution in [2.24, 2.45) is 4.99 Å². The molecule has 2 rings (SSSR count). The van der Waals surface area contributed by atoms with Gasteiger partial charge in [0, 0.05) is 24.5 Å². The number of hydrogen-bond donors (Lipinski definition) is 3. The molecule has 1 heterocycles. The van der Waals surface area contributed by atoms with Crippen molar-refractivity contribution in [3.05, 3.63) is 53.9 Å². The number of carbonyl (C=O) groups excluding carboxylic acids is 2. The van der Waals surface area contributed by atoms with E-state index in [-0.39, 0.29) is 18.0 Å². The Morgan fingerprint density at radius 1 is 1.52 bits per heavy atom. The second-order valence-corrected chi connectivity index (χ2v) is 6.18. The lowest BCUT2D eigenvalue weighted by atomic mass is 9.97. The van der Waals surface area contributed by atoms with Gasteiger partial charge in [0.2, 0.25) is 0 Å². The number of methoxy groups -OCH3 is 1. The van der Waals surface area contributed by atoms with Crippen LogP contribution in [0.1, 0.15) is 15.9 Å². The van der Waals surface area contributed by atoms with E-state index < -0.39 is 11.4 Å². The van der Waals surface area contributed by atoms with Crippen molar-refractivity contribution in [2.45, 2.75) is 12.1 Å². The van der Waals surface area contributed by atoms with E-state index in [1.807, 2.05) is 6.07 Å². The van der Waals surface area contributed by atoms with E-state index in [0.717, 1.165) is 11.8 Å². The minimum Gasteiger partial charge on any atom is -0.497 e. The normalized spacial score (nSPS) is 14.8. The first-order valence-electron chi connectivity index (χ1n) is 8.71. The summed E-state index contributed by atoms with van der Waals surface area (Å²) >= 11 is 0. The van der Waals surface area contributed by atoms with Gasteiger partial charge in [-0.05, 0) is 37.7 Å². The van der Waals surface area contributed by atoms with Crippen molar-refractivity contribution in [1.82, 2.24) is 15.5 Å². The molecule has 1 aromatic carbocycles. The minimum atomic E-state index is -1.43. The number of nitrogens with zero attached hydrogens (tertiary/aromatic N) is 2. The number of rotatable bonds is 8. The van der Waals surface area contributed by atoms with Crippen molar-refractivity contribution >= 4 is 24.7 Å². The number of allylic oxidation sites excluding steroid dienone is 1. The van der Waals surface area contributed by atoms with Crippen LogP contribution in [0.3, 0.4) is 0 Å². The summed E-state index contributed by atoms with van der Waals surface area (Å²) in [7, 11) is 3.11. The first-order valence-corrected chi connectivity index (χ1v) is 8.71. The monoisotopic (exact) mass is 393 g/mol. The SMILES string of the molecule is C=CNC(=O)[C@@](C#C/C(C=N)=C/N=C)(CN1Cc2ccc(OC)cc2C1=O)NC. The Bertz CT molecular complexity index is 941. The molecule has 0 spiro atoms. The van der Waals surface area contributed by atoms with Crippen LogP contribution in [0, 0.1) is 17.3 Å². The second kappa shape index (κ2) is 9.48. The van der Waals surface area contributed by atoms with Gasteiger partial charge >= 0.3 is 0 Å². The zero-order valence-electron chi connectivity index (χ0n) is 16.4. The Morgan fingerprint density at radius 3 is 2.86 bits per heavy atom. The van der Waals surface area contributed by atoms with Gasteiger partial charge in [0.05, 0.1) is 19.2 Å². The number of carbonyl (C=O) groups is 2. The molecular formula is C21H23N5O3. The molecule has 2 amide bonds. The zero-order valence-corrected chi connectivity index (χ0v) is 16.4. The van der Waals surface area contributed by atoms with Crippen LogP contribution >= 0.6 is 0 Å². The molecule has 8 nitrogen and oxygen atoms in total. The quantitative estimate of drug-likeness (QED) is 0.454. The summed E-state index contributed by atoms with van der Waals surface area (Å²) in [5.41, 5.74) is 0.210. The number of aliphatic imine (C=N–C) groups is 1. The lowest BCUT2D eigenvalue weighted by Gasteiger charge is -2.30. The Balaban J connectivity index is 2.41. The van der Waals surface area contributed by atoms with Crippen LogP contribution < -0.4 is 15.4 Å². The predicted molar refractivity (Wildman–Crippen MR) is 112 cm³/mol. The molecule has 3 N–H and O–H groups in total. The third-order valence-corrected chi connectivity index (χ3v) is 4.48. The third kappa shape index (κ3) is 4.59. The number of nitrogens with one attached hydrogen (secondary N) is 3. The summed E-state index contributed by atoms with van der Waals surface area (Å²) in [6.45, 7) is 7.18. The molecule has 1 atom stereocenters. The average molecular weight is 393 g/mol. The molecule has 0 radical (unpaired) electrons. The molecule has 0 unspecified atom stereocenters. The van der Waals surface area contributed by atoms with Gasteiger partial charge in [-0.1, -0.05) is 24.5 Å². The molecule has 0 bridgehead atoms. The fraction of sp³-hybridized carbons (Fsp3) is 0.238. The Morgan fingerprint density at radius 2 is 2.28 bits per heavy atom. The van der Waals surface area contributed by atoms with Gasteiger partial charge in [-0.2, -0.15) is 0 Å². The van der Waals surface area contributed by atoms with Gasteiger partial charge < -0.3 is 20.4 Å². The van der Waals surface area contributed by atoms with E-state index in [1.165, 1.54) is 24.4 Å². The van der Waals surface area contributed by atoms with E-state index in [4.69, 9.17) is 10.1 Å². The molecule has 0 saturated heterocycles. The lowest BCUT2D eigenvalue weighted by Crippen LogP contribution is -2.60. The highest BCUT2D eigenvalue weighted by molar-refractivity contribution is 6.00. The Labute approximate surface area is 169 Å². The Kier molecular flexibility index (Phi) is 7.06. The van der Waals surface area contributed by atoms with Crippen LogP contribution in [-0.4, -0.2) is 55.9 Å². The molecular weight excluding hydrogens is 370 g/mol. The van der Waals surface area contributed by atoms with Gasteiger partial charge in [-0.25, -0.2) is 0 Å². The van der Waals surface area contributed by atoms with Crippen LogP contribution in [0.4, 0.5) is 0 Å². The number of likely N-dealkylation sites (N-methyl/N-ethyl adjacent to an activating group) is 1. The van der Waals surface area contributed by atoms with Gasteiger partial charge in [-0.3, -0.25) is 19.9 Å². The summed E-state index contributed by atoms with van der Waals surface area (Å²) in [6, 6.07) is 5.29. The van der Waals surface area contributed by atoms with E-state index in [0.29, 0.717) is 17.9 Å². The Hall–Kier alpha value is -3.70. The van der Waals surface area contributed by atoms with E-state index >= 15 is 0 Å². The van der Waals surface area contributed by atoms with Gasteiger partial charge in [0.15, 0.2) is 5.54 Å². The van der Waals surface area contributed by atoms with Gasteiger partial charge in [0.25, 0.3) is 11.8 Å². The fourth-order valence-corrected chi connectivity index (χ4v) is 2.90. The fourth-order valence-electron chi connectivity index (χ4n) is 2.90. The van der Waals surface area contributed by atoms with Gasteiger partial charge in [-0.15, -0.1) is 0 Å². The number of benzene rings is 1. The molecule has 8 heteroatoms. The molecule has 0 fully saturated rings. The minimum absolute atomic E-state index is 0.0151. The summed E-state index contributed by atoms with van der Waals surface area (Å²) in [5, 5.41) is 12.8. The summed E-state index contributed by atoms with van der Waals surface area (Å²) in [4.78, 5) is 30.8. The van der Waals surface area contributed by atoms with Crippen molar-refractivity contribution < 1.29 is 14.3 Å². The molecule has 0 saturated carbocycles. The zero-order chi connectivity index (χ0) is 21.4. The highest BCUT2D eigenvalue weighted by atomic mass is 16.5. The van der Waals surface area contributed by atoms with Crippen molar-refractivity contribution in [3.63, 3.8) is 0 Å².